The Morgan fingerprint density at radius 1 is 1.23 bits per heavy atom. The molecule has 2 aromatic rings. The van der Waals surface area contributed by atoms with Gasteiger partial charge in [0.05, 0.1) is 30.0 Å². The standard InChI is InChI=1S/C22H32N8O/c1-4-17-11-30(15(2)12-31-17)19-8-18(16-9-24-20(23)25-10-16)26-21(27-19)29-13-22(14-29)6-5-7-28(22)3/h8-10,15,17H,4-7,11-14H2,1-3H3,(H2,23,24,25)/t15-,17-/m0/s1. The van der Waals surface area contributed by atoms with E-state index in [4.69, 9.17) is 20.4 Å². The maximum atomic E-state index is 5.97. The molecule has 0 radical (unpaired) electrons. The Balaban J connectivity index is 1.49. The molecule has 2 N–H and O–H groups in total. The van der Waals surface area contributed by atoms with Crippen molar-refractivity contribution in [2.45, 2.75) is 50.8 Å². The molecule has 3 aliphatic rings. The van der Waals surface area contributed by atoms with Gasteiger partial charge in [0.25, 0.3) is 0 Å². The fourth-order valence-corrected chi connectivity index (χ4v) is 4.99. The monoisotopic (exact) mass is 424 g/mol. The summed E-state index contributed by atoms with van der Waals surface area (Å²) >= 11 is 0. The highest BCUT2D eigenvalue weighted by Crippen LogP contribution is 2.39. The number of likely N-dealkylation sites (N-methyl/N-ethyl adjacent to an activating group) is 1. The third-order valence-electron chi connectivity index (χ3n) is 7.12. The van der Waals surface area contributed by atoms with E-state index in [1.807, 2.05) is 6.07 Å². The molecule has 1 spiro atoms. The molecule has 5 rings (SSSR count). The molecule has 2 aromatic heterocycles. The van der Waals surface area contributed by atoms with E-state index in [1.54, 1.807) is 12.4 Å². The Labute approximate surface area is 183 Å². The highest BCUT2D eigenvalue weighted by atomic mass is 16.5. The van der Waals surface area contributed by atoms with Crippen LogP contribution in [0.1, 0.15) is 33.1 Å². The molecular weight excluding hydrogens is 392 g/mol. The van der Waals surface area contributed by atoms with E-state index in [0.29, 0.717) is 6.61 Å². The molecule has 0 saturated carbocycles. The van der Waals surface area contributed by atoms with Gasteiger partial charge in [-0.05, 0) is 39.8 Å². The van der Waals surface area contributed by atoms with Crippen LogP contribution in [-0.2, 0) is 4.74 Å². The molecule has 31 heavy (non-hydrogen) atoms. The zero-order valence-corrected chi connectivity index (χ0v) is 18.7. The first-order valence-corrected chi connectivity index (χ1v) is 11.3. The van der Waals surface area contributed by atoms with E-state index in [0.717, 1.165) is 49.1 Å². The predicted octanol–water partition coefficient (Wildman–Crippen LogP) is 1.80. The maximum absolute atomic E-state index is 5.97. The normalized spacial score (nSPS) is 25.8. The van der Waals surface area contributed by atoms with Gasteiger partial charge >= 0.3 is 0 Å². The maximum Gasteiger partial charge on any atom is 0.228 e. The fourth-order valence-electron chi connectivity index (χ4n) is 4.99. The second-order valence-corrected chi connectivity index (χ2v) is 9.21. The molecule has 9 nitrogen and oxygen atoms in total. The van der Waals surface area contributed by atoms with Crippen LogP contribution in [0.3, 0.4) is 0 Å². The summed E-state index contributed by atoms with van der Waals surface area (Å²) in [5.74, 6) is 1.98. The molecule has 3 fully saturated rings. The number of hydrogen-bond donors (Lipinski definition) is 1. The minimum Gasteiger partial charge on any atom is -0.374 e. The first-order chi connectivity index (χ1) is 15.0. The molecular formula is C22H32N8O. The first kappa shape index (κ1) is 20.4. The fraction of sp³-hybridized carbons (Fsp3) is 0.636. The Hall–Kier alpha value is -2.52. The summed E-state index contributed by atoms with van der Waals surface area (Å²) < 4.78 is 5.97. The van der Waals surface area contributed by atoms with Crippen molar-refractivity contribution < 1.29 is 4.74 Å². The predicted molar refractivity (Wildman–Crippen MR) is 121 cm³/mol. The van der Waals surface area contributed by atoms with Gasteiger partial charge in [0, 0.05) is 43.7 Å². The number of nitrogen functional groups attached to an aromatic ring is 1. The van der Waals surface area contributed by atoms with E-state index in [9.17, 15) is 0 Å². The largest absolute Gasteiger partial charge is 0.374 e. The quantitative estimate of drug-likeness (QED) is 0.788. The number of nitrogens with two attached hydrogens (primary N) is 1. The van der Waals surface area contributed by atoms with Crippen molar-refractivity contribution >= 4 is 17.7 Å². The smallest absolute Gasteiger partial charge is 0.228 e. The molecule has 0 bridgehead atoms. The number of ether oxygens (including phenoxy) is 1. The molecule has 0 amide bonds. The van der Waals surface area contributed by atoms with E-state index in [2.05, 4.69) is 45.6 Å². The van der Waals surface area contributed by atoms with Crippen LogP contribution in [0.4, 0.5) is 17.7 Å². The van der Waals surface area contributed by atoms with E-state index in [1.165, 1.54) is 19.4 Å². The summed E-state index contributed by atoms with van der Waals surface area (Å²) in [6, 6.07) is 2.30. The average molecular weight is 425 g/mol. The van der Waals surface area contributed by atoms with Crippen molar-refractivity contribution in [2.24, 2.45) is 0 Å². The van der Waals surface area contributed by atoms with Gasteiger partial charge in [0.2, 0.25) is 11.9 Å². The number of morpholine rings is 1. The second kappa shape index (κ2) is 7.87. The van der Waals surface area contributed by atoms with Crippen molar-refractivity contribution in [3.8, 4) is 11.3 Å². The highest BCUT2D eigenvalue weighted by Gasteiger charge is 2.49. The number of rotatable bonds is 4. The molecule has 0 aromatic carbocycles. The lowest BCUT2D eigenvalue weighted by Gasteiger charge is -2.52. The lowest BCUT2D eigenvalue weighted by Crippen LogP contribution is -2.67. The van der Waals surface area contributed by atoms with Crippen molar-refractivity contribution in [1.29, 1.82) is 0 Å². The van der Waals surface area contributed by atoms with E-state index >= 15 is 0 Å². The zero-order chi connectivity index (χ0) is 21.6. The topological polar surface area (TPSA) is 96.5 Å². The second-order valence-electron chi connectivity index (χ2n) is 9.21. The van der Waals surface area contributed by atoms with Gasteiger partial charge in [-0.15, -0.1) is 0 Å². The van der Waals surface area contributed by atoms with Gasteiger partial charge in [-0.2, -0.15) is 4.98 Å². The summed E-state index contributed by atoms with van der Waals surface area (Å²) in [5.41, 5.74) is 7.65. The lowest BCUT2D eigenvalue weighted by atomic mass is 9.87. The molecule has 2 atom stereocenters. The van der Waals surface area contributed by atoms with Crippen LogP contribution in [0.2, 0.25) is 0 Å². The van der Waals surface area contributed by atoms with Crippen molar-refractivity contribution in [1.82, 2.24) is 24.8 Å². The van der Waals surface area contributed by atoms with Crippen molar-refractivity contribution in [3.05, 3.63) is 18.5 Å². The summed E-state index contributed by atoms with van der Waals surface area (Å²) in [7, 11) is 2.24. The van der Waals surface area contributed by atoms with Gasteiger partial charge < -0.3 is 20.3 Å². The molecule has 9 heteroatoms. The molecule has 166 valence electrons. The third kappa shape index (κ3) is 3.70. The van der Waals surface area contributed by atoms with Gasteiger partial charge in [-0.3, -0.25) is 4.90 Å². The summed E-state index contributed by atoms with van der Waals surface area (Å²) in [6.45, 7) is 9.01. The Bertz CT molecular complexity index is 930. The van der Waals surface area contributed by atoms with Crippen molar-refractivity contribution in [3.63, 3.8) is 0 Å². The minimum atomic E-state index is 0.220. The third-order valence-corrected chi connectivity index (χ3v) is 7.12. The van der Waals surface area contributed by atoms with Gasteiger partial charge in [-0.25, -0.2) is 15.0 Å². The van der Waals surface area contributed by atoms with Gasteiger partial charge in [-0.1, -0.05) is 6.92 Å². The van der Waals surface area contributed by atoms with E-state index < -0.39 is 0 Å². The highest BCUT2D eigenvalue weighted by molar-refractivity contribution is 5.65. The molecule has 5 heterocycles. The van der Waals surface area contributed by atoms with Crippen LogP contribution in [0.15, 0.2) is 18.5 Å². The Morgan fingerprint density at radius 2 is 2.00 bits per heavy atom. The summed E-state index contributed by atoms with van der Waals surface area (Å²) in [4.78, 5) is 25.4. The van der Waals surface area contributed by atoms with Crippen LogP contribution in [0.5, 0.6) is 0 Å². The molecule has 0 unspecified atom stereocenters. The van der Waals surface area contributed by atoms with E-state index in [-0.39, 0.29) is 23.6 Å². The average Bonchev–Trinajstić information content (AvgIpc) is 3.14. The molecule has 3 aliphatic heterocycles. The SMILES string of the molecule is CC[C@H]1CN(c2cc(-c3cnc(N)nc3)nc(N3CC4(CCCN4C)C3)n2)[C@@H](C)CO1. The number of hydrogen-bond acceptors (Lipinski definition) is 9. The molecule has 3 saturated heterocycles. The van der Waals surface area contributed by atoms with Crippen molar-refractivity contribution in [2.75, 3.05) is 55.4 Å². The van der Waals surface area contributed by atoms with Crippen LogP contribution in [-0.4, -0.2) is 82.4 Å². The lowest BCUT2D eigenvalue weighted by molar-refractivity contribution is 0.0204. The Morgan fingerprint density at radius 3 is 2.68 bits per heavy atom. The van der Waals surface area contributed by atoms with Crippen LogP contribution in [0, 0.1) is 0 Å². The number of aromatic nitrogens is 4. The zero-order valence-electron chi connectivity index (χ0n) is 18.7. The first-order valence-electron chi connectivity index (χ1n) is 11.3. The Kier molecular flexibility index (Phi) is 5.18. The number of likely N-dealkylation sites (tertiary alicyclic amines) is 1. The number of anilines is 3. The van der Waals surface area contributed by atoms with Gasteiger partial charge in [0.1, 0.15) is 5.82 Å². The van der Waals surface area contributed by atoms with Crippen LogP contribution < -0.4 is 15.5 Å². The minimum absolute atomic E-state index is 0.220. The summed E-state index contributed by atoms with van der Waals surface area (Å²) in [5, 5.41) is 0. The number of nitrogens with zero attached hydrogens (tertiary/aromatic N) is 7. The van der Waals surface area contributed by atoms with Crippen LogP contribution >= 0.6 is 0 Å². The summed E-state index contributed by atoms with van der Waals surface area (Å²) in [6.07, 6.45) is 7.19. The van der Waals surface area contributed by atoms with Crippen LogP contribution in [0.25, 0.3) is 11.3 Å². The molecule has 0 aliphatic carbocycles. The van der Waals surface area contributed by atoms with Gasteiger partial charge in [0.15, 0.2) is 0 Å².